The van der Waals surface area contributed by atoms with Crippen LogP contribution in [0.2, 0.25) is 0 Å². The largest absolute Gasteiger partial charge is 0.391 e. The van der Waals surface area contributed by atoms with E-state index in [1.165, 1.54) is 6.42 Å². The minimum atomic E-state index is -0.208. The molecule has 1 heterocycles. The van der Waals surface area contributed by atoms with Crippen molar-refractivity contribution in [3.63, 3.8) is 0 Å². The molecule has 0 bridgehead atoms. The van der Waals surface area contributed by atoms with E-state index in [2.05, 4.69) is 21.4 Å². The highest BCUT2D eigenvalue weighted by Gasteiger charge is 2.28. The highest BCUT2D eigenvalue weighted by Crippen LogP contribution is 2.25. The third-order valence-corrected chi connectivity index (χ3v) is 3.54. The molecule has 0 aromatic carbocycles. The Labute approximate surface area is 96.9 Å². The topological polar surface area (TPSA) is 41.3 Å². The van der Waals surface area contributed by atoms with Crippen LogP contribution in [0.1, 0.15) is 32.6 Å². The number of anilines is 1. The molecule has 0 spiro atoms. The van der Waals surface area contributed by atoms with Crippen molar-refractivity contribution in [1.82, 2.24) is 9.55 Å². The van der Waals surface area contributed by atoms with Crippen LogP contribution in [0.5, 0.6) is 0 Å². The monoisotopic (exact) mass is 223 g/mol. The zero-order valence-electron chi connectivity index (χ0n) is 10.1. The molecule has 16 heavy (non-hydrogen) atoms. The van der Waals surface area contributed by atoms with E-state index < -0.39 is 0 Å². The zero-order valence-corrected chi connectivity index (χ0v) is 10.1. The molecule has 4 heteroatoms. The SMILES string of the molecule is CCn1ccnc1N(C)C1CCCCC1O. The lowest BCUT2D eigenvalue weighted by molar-refractivity contribution is 0.105. The molecule has 90 valence electrons. The summed E-state index contributed by atoms with van der Waals surface area (Å²) in [6, 6.07) is 0.224. The van der Waals surface area contributed by atoms with Crippen molar-refractivity contribution in [1.29, 1.82) is 0 Å². The molecule has 0 amide bonds. The number of imidazole rings is 1. The molecule has 2 unspecified atom stereocenters. The van der Waals surface area contributed by atoms with Crippen LogP contribution < -0.4 is 4.90 Å². The number of aliphatic hydroxyl groups is 1. The van der Waals surface area contributed by atoms with E-state index in [0.29, 0.717) is 0 Å². The molecular weight excluding hydrogens is 202 g/mol. The third-order valence-electron chi connectivity index (χ3n) is 3.54. The van der Waals surface area contributed by atoms with Crippen molar-refractivity contribution in [2.75, 3.05) is 11.9 Å². The van der Waals surface area contributed by atoms with Crippen molar-refractivity contribution in [2.45, 2.75) is 51.3 Å². The molecule has 0 saturated heterocycles. The van der Waals surface area contributed by atoms with Gasteiger partial charge < -0.3 is 14.6 Å². The fraction of sp³-hybridized carbons (Fsp3) is 0.750. The summed E-state index contributed by atoms with van der Waals surface area (Å²) in [5.74, 6) is 0.966. The number of aliphatic hydroxyl groups excluding tert-OH is 1. The Balaban J connectivity index is 2.14. The number of aromatic nitrogens is 2. The van der Waals surface area contributed by atoms with Crippen molar-refractivity contribution in [3.05, 3.63) is 12.4 Å². The molecule has 1 aromatic heterocycles. The summed E-state index contributed by atoms with van der Waals surface area (Å²) in [5.41, 5.74) is 0. The molecule has 1 N–H and O–H groups in total. The van der Waals surface area contributed by atoms with Gasteiger partial charge in [0.05, 0.1) is 12.1 Å². The minimum Gasteiger partial charge on any atom is -0.391 e. The molecule has 1 aliphatic carbocycles. The average Bonchev–Trinajstić information content (AvgIpc) is 2.77. The summed E-state index contributed by atoms with van der Waals surface area (Å²) in [6.45, 7) is 3.03. The van der Waals surface area contributed by atoms with Gasteiger partial charge in [-0.05, 0) is 19.8 Å². The van der Waals surface area contributed by atoms with Gasteiger partial charge in [0, 0.05) is 26.0 Å². The number of rotatable bonds is 3. The van der Waals surface area contributed by atoms with Crippen LogP contribution in [0.4, 0.5) is 5.95 Å². The molecule has 4 nitrogen and oxygen atoms in total. The first-order chi connectivity index (χ1) is 7.74. The van der Waals surface area contributed by atoms with Crippen LogP contribution in [0.25, 0.3) is 0 Å². The van der Waals surface area contributed by atoms with Gasteiger partial charge in [-0.2, -0.15) is 0 Å². The van der Waals surface area contributed by atoms with Gasteiger partial charge in [0.2, 0.25) is 5.95 Å². The van der Waals surface area contributed by atoms with Crippen molar-refractivity contribution in [2.24, 2.45) is 0 Å². The van der Waals surface area contributed by atoms with E-state index in [-0.39, 0.29) is 12.1 Å². The van der Waals surface area contributed by atoms with E-state index in [0.717, 1.165) is 31.8 Å². The first-order valence-electron chi connectivity index (χ1n) is 6.16. The van der Waals surface area contributed by atoms with Gasteiger partial charge in [0.1, 0.15) is 0 Å². The fourth-order valence-corrected chi connectivity index (χ4v) is 2.55. The van der Waals surface area contributed by atoms with Crippen LogP contribution in [0, 0.1) is 0 Å². The Bertz CT molecular complexity index is 337. The van der Waals surface area contributed by atoms with E-state index in [1.54, 1.807) is 0 Å². The Kier molecular flexibility index (Phi) is 3.49. The normalized spacial score (nSPS) is 25.7. The van der Waals surface area contributed by atoms with Gasteiger partial charge in [0.15, 0.2) is 0 Å². The summed E-state index contributed by atoms with van der Waals surface area (Å²) in [6.07, 6.45) is 7.94. The van der Waals surface area contributed by atoms with Crippen molar-refractivity contribution in [3.8, 4) is 0 Å². The second-order valence-electron chi connectivity index (χ2n) is 4.54. The Morgan fingerprint density at radius 1 is 1.50 bits per heavy atom. The first-order valence-corrected chi connectivity index (χ1v) is 6.16. The quantitative estimate of drug-likeness (QED) is 0.847. The summed E-state index contributed by atoms with van der Waals surface area (Å²) in [4.78, 5) is 6.51. The first kappa shape index (κ1) is 11.5. The van der Waals surface area contributed by atoms with Crippen LogP contribution >= 0.6 is 0 Å². The van der Waals surface area contributed by atoms with Gasteiger partial charge >= 0.3 is 0 Å². The van der Waals surface area contributed by atoms with E-state index in [1.807, 2.05) is 19.4 Å². The third kappa shape index (κ3) is 2.07. The summed E-state index contributed by atoms with van der Waals surface area (Å²) in [5, 5.41) is 10.0. The minimum absolute atomic E-state index is 0.208. The van der Waals surface area contributed by atoms with Crippen LogP contribution in [0.3, 0.4) is 0 Å². The predicted molar refractivity (Wildman–Crippen MR) is 64.6 cm³/mol. The van der Waals surface area contributed by atoms with Crippen molar-refractivity contribution < 1.29 is 5.11 Å². The van der Waals surface area contributed by atoms with Gasteiger partial charge in [-0.25, -0.2) is 4.98 Å². The fourth-order valence-electron chi connectivity index (χ4n) is 2.55. The molecule has 2 rings (SSSR count). The average molecular weight is 223 g/mol. The second kappa shape index (κ2) is 4.87. The summed E-state index contributed by atoms with van der Waals surface area (Å²) in [7, 11) is 2.04. The number of likely N-dealkylation sites (N-methyl/N-ethyl adjacent to an activating group) is 1. The predicted octanol–water partition coefficient (Wildman–Crippen LogP) is 1.64. The van der Waals surface area contributed by atoms with E-state index in [4.69, 9.17) is 0 Å². The lowest BCUT2D eigenvalue weighted by Gasteiger charge is -2.35. The van der Waals surface area contributed by atoms with Gasteiger partial charge in [-0.3, -0.25) is 0 Å². The molecule has 0 aliphatic heterocycles. The number of nitrogens with zero attached hydrogens (tertiary/aromatic N) is 3. The van der Waals surface area contributed by atoms with Gasteiger partial charge in [0.25, 0.3) is 0 Å². The Morgan fingerprint density at radius 3 is 2.94 bits per heavy atom. The summed E-state index contributed by atoms with van der Waals surface area (Å²) >= 11 is 0. The lowest BCUT2D eigenvalue weighted by atomic mass is 9.92. The van der Waals surface area contributed by atoms with Gasteiger partial charge in [-0.1, -0.05) is 12.8 Å². The Hall–Kier alpha value is -1.03. The maximum atomic E-state index is 10.0. The van der Waals surface area contributed by atoms with E-state index >= 15 is 0 Å². The number of hydrogen-bond acceptors (Lipinski definition) is 3. The molecular formula is C12H21N3O. The molecule has 1 saturated carbocycles. The van der Waals surface area contributed by atoms with Crippen molar-refractivity contribution >= 4 is 5.95 Å². The molecule has 2 atom stereocenters. The van der Waals surface area contributed by atoms with Crippen LogP contribution in [-0.4, -0.2) is 33.9 Å². The number of aryl methyl sites for hydroxylation is 1. The van der Waals surface area contributed by atoms with E-state index in [9.17, 15) is 5.11 Å². The molecule has 0 radical (unpaired) electrons. The molecule has 1 fully saturated rings. The Morgan fingerprint density at radius 2 is 2.25 bits per heavy atom. The molecule has 1 aromatic rings. The maximum absolute atomic E-state index is 10.0. The second-order valence-corrected chi connectivity index (χ2v) is 4.54. The number of hydrogen-bond donors (Lipinski definition) is 1. The smallest absolute Gasteiger partial charge is 0.205 e. The van der Waals surface area contributed by atoms with Gasteiger partial charge in [-0.15, -0.1) is 0 Å². The standard InChI is InChI=1S/C12H21N3O/c1-3-15-9-8-13-12(15)14(2)10-6-4-5-7-11(10)16/h8-11,16H,3-7H2,1-2H3. The highest BCUT2D eigenvalue weighted by molar-refractivity contribution is 5.32. The van der Waals surface area contributed by atoms with Crippen LogP contribution in [0.15, 0.2) is 12.4 Å². The maximum Gasteiger partial charge on any atom is 0.205 e. The van der Waals surface area contributed by atoms with Crippen LogP contribution in [-0.2, 0) is 6.54 Å². The summed E-state index contributed by atoms with van der Waals surface area (Å²) < 4.78 is 2.11. The highest BCUT2D eigenvalue weighted by atomic mass is 16.3. The zero-order chi connectivity index (χ0) is 11.5. The molecule has 1 aliphatic rings. The lowest BCUT2D eigenvalue weighted by Crippen LogP contribution is -2.44.